The Kier molecular flexibility index (Phi) is 6.48. The van der Waals surface area contributed by atoms with Gasteiger partial charge < -0.3 is 0 Å². The first-order chi connectivity index (χ1) is 11.3. The second-order valence-corrected chi connectivity index (χ2v) is 4.91. The second kappa shape index (κ2) is 9.11. The Morgan fingerprint density at radius 3 is 1.83 bits per heavy atom. The van der Waals surface area contributed by atoms with E-state index in [1.807, 2.05) is 72.8 Å². The van der Waals surface area contributed by atoms with Gasteiger partial charge in [0.25, 0.3) is 0 Å². The van der Waals surface area contributed by atoms with E-state index in [9.17, 15) is 4.79 Å². The van der Waals surface area contributed by atoms with E-state index in [2.05, 4.69) is 4.99 Å². The Bertz CT molecular complexity index is 696. The SMILES string of the molecule is CC(=O)\C=C/C=C/C=C\N=C(c1ccccc1)c1ccccc1. The number of carbonyl (C=O) groups excluding carboxylic acids is 1. The largest absolute Gasteiger partial charge is 0.295 e. The lowest BCUT2D eigenvalue weighted by Crippen LogP contribution is -2.02. The molecule has 2 rings (SSSR count). The van der Waals surface area contributed by atoms with Crippen molar-refractivity contribution >= 4 is 11.5 Å². The van der Waals surface area contributed by atoms with Crippen LogP contribution in [-0.2, 0) is 4.79 Å². The molecular weight excluding hydrogens is 282 g/mol. The van der Waals surface area contributed by atoms with E-state index in [0.717, 1.165) is 16.8 Å². The molecule has 0 radical (unpaired) electrons. The lowest BCUT2D eigenvalue weighted by molar-refractivity contribution is -0.112. The van der Waals surface area contributed by atoms with Gasteiger partial charge in [0.05, 0.1) is 5.71 Å². The molecule has 0 unspecified atom stereocenters. The quantitative estimate of drug-likeness (QED) is 0.430. The molecule has 0 saturated carbocycles. The van der Waals surface area contributed by atoms with Gasteiger partial charge in [0.15, 0.2) is 5.78 Å². The molecule has 0 N–H and O–H groups in total. The van der Waals surface area contributed by atoms with Crippen LogP contribution in [-0.4, -0.2) is 11.5 Å². The molecule has 114 valence electrons. The van der Waals surface area contributed by atoms with Crippen molar-refractivity contribution in [3.8, 4) is 0 Å². The van der Waals surface area contributed by atoms with Crippen LogP contribution in [0.3, 0.4) is 0 Å². The zero-order chi connectivity index (χ0) is 16.3. The van der Waals surface area contributed by atoms with E-state index in [4.69, 9.17) is 0 Å². The lowest BCUT2D eigenvalue weighted by Gasteiger charge is -2.05. The van der Waals surface area contributed by atoms with Crippen molar-refractivity contribution in [2.45, 2.75) is 6.92 Å². The fraction of sp³-hybridized carbons (Fsp3) is 0.0476. The van der Waals surface area contributed by atoms with Gasteiger partial charge in [-0.15, -0.1) is 0 Å². The topological polar surface area (TPSA) is 29.4 Å². The standard InChI is InChI=1S/C21H19NO/c1-18(23)12-6-2-3-11-17-22-21(19-13-7-4-8-14-19)20-15-9-5-10-16-20/h2-17H,1H3/b3-2+,12-6-,17-11-. The zero-order valence-electron chi connectivity index (χ0n) is 13.1. The number of rotatable bonds is 6. The molecule has 0 atom stereocenters. The molecule has 0 saturated heterocycles. The molecule has 0 spiro atoms. The van der Waals surface area contributed by atoms with Crippen molar-refractivity contribution < 1.29 is 4.79 Å². The smallest absolute Gasteiger partial charge is 0.152 e. The van der Waals surface area contributed by atoms with Crippen LogP contribution in [0.4, 0.5) is 0 Å². The number of hydrogen-bond donors (Lipinski definition) is 0. The molecule has 0 bridgehead atoms. The molecule has 2 aromatic carbocycles. The van der Waals surface area contributed by atoms with Crippen LogP contribution < -0.4 is 0 Å². The van der Waals surface area contributed by atoms with Gasteiger partial charge in [0, 0.05) is 17.3 Å². The summed E-state index contributed by atoms with van der Waals surface area (Å²) in [5.41, 5.74) is 3.07. The van der Waals surface area contributed by atoms with Crippen LogP contribution >= 0.6 is 0 Å². The van der Waals surface area contributed by atoms with E-state index >= 15 is 0 Å². The summed E-state index contributed by atoms with van der Waals surface area (Å²) in [6.07, 6.45) is 10.5. The first-order valence-electron chi connectivity index (χ1n) is 7.46. The summed E-state index contributed by atoms with van der Waals surface area (Å²) >= 11 is 0. The molecule has 2 aromatic rings. The minimum Gasteiger partial charge on any atom is -0.295 e. The third kappa shape index (κ3) is 5.71. The molecule has 0 heterocycles. The molecule has 2 heteroatoms. The van der Waals surface area contributed by atoms with Crippen molar-refractivity contribution in [2.75, 3.05) is 0 Å². The normalized spacial score (nSPS) is 11.3. The number of allylic oxidation sites excluding steroid dienone is 5. The van der Waals surface area contributed by atoms with Crippen molar-refractivity contribution in [1.29, 1.82) is 0 Å². The van der Waals surface area contributed by atoms with Crippen molar-refractivity contribution in [2.24, 2.45) is 4.99 Å². The highest BCUT2D eigenvalue weighted by Gasteiger charge is 2.04. The van der Waals surface area contributed by atoms with Gasteiger partial charge >= 0.3 is 0 Å². The third-order valence-electron chi connectivity index (χ3n) is 3.05. The van der Waals surface area contributed by atoms with E-state index in [0.29, 0.717) is 0 Å². The molecule has 0 fully saturated rings. The molecule has 0 aliphatic carbocycles. The number of ketones is 1. The van der Waals surface area contributed by atoms with Gasteiger partial charge in [-0.3, -0.25) is 9.79 Å². The van der Waals surface area contributed by atoms with Gasteiger partial charge in [0.2, 0.25) is 0 Å². The monoisotopic (exact) mass is 301 g/mol. The number of nitrogens with zero attached hydrogens (tertiary/aromatic N) is 1. The first kappa shape index (κ1) is 16.4. The van der Waals surface area contributed by atoms with Gasteiger partial charge in [-0.25, -0.2) is 0 Å². The highest BCUT2D eigenvalue weighted by atomic mass is 16.1. The van der Waals surface area contributed by atoms with Crippen LogP contribution in [0.1, 0.15) is 18.1 Å². The first-order valence-corrected chi connectivity index (χ1v) is 7.46. The van der Waals surface area contributed by atoms with E-state index in [-0.39, 0.29) is 5.78 Å². The maximum atomic E-state index is 10.8. The van der Waals surface area contributed by atoms with Gasteiger partial charge in [0.1, 0.15) is 0 Å². The second-order valence-electron chi connectivity index (χ2n) is 4.91. The van der Waals surface area contributed by atoms with E-state index < -0.39 is 0 Å². The highest BCUT2D eigenvalue weighted by molar-refractivity contribution is 6.13. The Labute approximate surface area is 137 Å². The minimum atomic E-state index is 0.0343. The van der Waals surface area contributed by atoms with Crippen LogP contribution in [0.5, 0.6) is 0 Å². The average Bonchev–Trinajstić information content (AvgIpc) is 2.59. The fourth-order valence-electron chi connectivity index (χ4n) is 1.99. The van der Waals surface area contributed by atoms with Gasteiger partial charge in [-0.2, -0.15) is 0 Å². The van der Waals surface area contributed by atoms with E-state index in [1.165, 1.54) is 13.0 Å². The number of hydrogen-bond acceptors (Lipinski definition) is 2. The molecule has 0 aliphatic heterocycles. The molecule has 23 heavy (non-hydrogen) atoms. The predicted molar refractivity (Wildman–Crippen MR) is 96.6 cm³/mol. The number of aliphatic imine (C=N–C) groups is 1. The fourth-order valence-corrected chi connectivity index (χ4v) is 1.99. The molecule has 2 nitrogen and oxygen atoms in total. The number of carbonyl (C=O) groups is 1. The lowest BCUT2D eigenvalue weighted by atomic mass is 10.0. The maximum Gasteiger partial charge on any atom is 0.152 e. The summed E-state index contributed by atoms with van der Waals surface area (Å²) in [7, 11) is 0. The predicted octanol–water partition coefficient (Wildman–Crippen LogP) is 4.74. The van der Waals surface area contributed by atoms with Gasteiger partial charge in [-0.05, 0) is 19.1 Å². The highest BCUT2D eigenvalue weighted by Crippen LogP contribution is 2.11. The number of benzene rings is 2. The van der Waals surface area contributed by atoms with Crippen molar-refractivity contribution in [3.63, 3.8) is 0 Å². The Morgan fingerprint density at radius 1 is 0.783 bits per heavy atom. The maximum absolute atomic E-state index is 10.8. The molecule has 0 aliphatic rings. The summed E-state index contributed by atoms with van der Waals surface area (Å²) in [4.78, 5) is 15.4. The summed E-state index contributed by atoms with van der Waals surface area (Å²) in [5, 5.41) is 0. The van der Waals surface area contributed by atoms with Crippen LogP contribution in [0.2, 0.25) is 0 Å². The summed E-state index contributed by atoms with van der Waals surface area (Å²) in [6.45, 7) is 1.52. The zero-order valence-corrected chi connectivity index (χ0v) is 13.1. The molecular formula is C21H19NO. The summed E-state index contributed by atoms with van der Waals surface area (Å²) in [6, 6.07) is 20.2. The molecule has 0 aromatic heterocycles. The van der Waals surface area contributed by atoms with Gasteiger partial charge in [-0.1, -0.05) is 78.9 Å². The van der Waals surface area contributed by atoms with Crippen LogP contribution in [0.15, 0.2) is 102 Å². The minimum absolute atomic E-state index is 0.0343. The Balaban J connectivity index is 2.20. The van der Waals surface area contributed by atoms with Crippen LogP contribution in [0, 0.1) is 0 Å². The van der Waals surface area contributed by atoms with Crippen molar-refractivity contribution in [1.82, 2.24) is 0 Å². The average molecular weight is 301 g/mol. The Hall–Kier alpha value is -3.00. The van der Waals surface area contributed by atoms with E-state index in [1.54, 1.807) is 18.4 Å². The third-order valence-corrected chi connectivity index (χ3v) is 3.05. The van der Waals surface area contributed by atoms with Crippen LogP contribution in [0.25, 0.3) is 0 Å². The Morgan fingerprint density at radius 2 is 1.30 bits per heavy atom. The molecule has 0 amide bonds. The summed E-state index contributed by atoms with van der Waals surface area (Å²) < 4.78 is 0. The van der Waals surface area contributed by atoms with Crippen molar-refractivity contribution in [3.05, 3.63) is 108 Å². The summed E-state index contributed by atoms with van der Waals surface area (Å²) in [5.74, 6) is 0.0343.